The largest absolute Gasteiger partial charge is 0.437 e. The molecule has 0 radical (unpaired) electrons. The first-order valence-corrected chi connectivity index (χ1v) is 10.4. The van der Waals surface area contributed by atoms with Gasteiger partial charge in [0.15, 0.2) is 0 Å². The van der Waals surface area contributed by atoms with Crippen molar-refractivity contribution in [1.82, 2.24) is 20.1 Å². The van der Waals surface area contributed by atoms with Crippen LogP contribution in [-0.2, 0) is 11.3 Å². The Hall–Kier alpha value is -2.61. The molecule has 0 saturated heterocycles. The fraction of sp³-hybridized carbons (Fsp3) is 0.400. The molecule has 2 aromatic heterocycles. The lowest BCUT2D eigenvalue weighted by atomic mass is 9.97. The minimum atomic E-state index is -0.663. The average molecular weight is 401 g/mol. The predicted octanol–water partition coefficient (Wildman–Crippen LogP) is 3.18. The van der Waals surface area contributed by atoms with E-state index >= 15 is 0 Å². The Balaban J connectivity index is 1.61. The molecule has 0 saturated carbocycles. The van der Waals surface area contributed by atoms with E-state index in [1.165, 1.54) is 30.2 Å². The summed E-state index contributed by atoms with van der Waals surface area (Å²) in [6.45, 7) is 4.09. The summed E-state index contributed by atoms with van der Waals surface area (Å²) in [6.07, 6.45) is 11.3. The van der Waals surface area contributed by atoms with Crippen molar-refractivity contribution in [2.75, 3.05) is 12.3 Å². The molecule has 0 bridgehead atoms. The Morgan fingerprint density at radius 2 is 2.32 bits per heavy atom. The molecule has 1 amide bonds. The molecule has 1 aliphatic carbocycles. The molecule has 0 fully saturated rings. The highest BCUT2D eigenvalue weighted by Crippen LogP contribution is 2.27. The first-order chi connectivity index (χ1) is 13.7. The number of pyridine rings is 1. The van der Waals surface area contributed by atoms with E-state index in [1.54, 1.807) is 24.4 Å². The molecule has 0 unspecified atom stereocenters. The van der Waals surface area contributed by atoms with E-state index in [0.717, 1.165) is 23.9 Å². The van der Waals surface area contributed by atoms with E-state index in [1.807, 2.05) is 0 Å². The van der Waals surface area contributed by atoms with Crippen LogP contribution in [-0.4, -0.2) is 33.0 Å². The van der Waals surface area contributed by atoms with Crippen molar-refractivity contribution >= 4 is 17.7 Å². The van der Waals surface area contributed by atoms with Gasteiger partial charge in [-0.1, -0.05) is 17.7 Å². The molecule has 2 aromatic rings. The van der Waals surface area contributed by atoms with Crippen LogP contribution in [0.4, 0.5) is 0 Å². The van der Waals surface area contributed by atoms with Crippen LogP contribution in [0.2, 0.25) is 0 Å². The normalized spacial score (nSPS) is 13.8. The first kappa shape index (κ1) is 20.1. The van der Waals surface area contributed by atoms with Crippen molar-refractivity contribution in [2.45, 2.75) is 43.7 Å². The Kier molecular flexibility index (Phi) is 7.25. The lowest BCUT2D eigenvalue weighted by Crippen LogP contribution is -2.32. The van der Waals surface area contributed by atoms with E-state index in [2.05, 4.69) is 28.1 Å². The monoisotopic (exact) mass is 400 g/mol. The molecule has 0 aliphatic heterocycles. The molecule has 28 heavy (non-hydrogen) atoms. The molecular formula is C20H24N4O3S. The van der Waals surface area contributed by atoms with Gasteiger partial charge in [0.25, 0.3) is 5.89 Å². The van der Waals surface area contributed by atoms with Gasteiger partial charge in [0.2, 0.25) is 5.91 Å². The Bertz CT molecular complexity index is 916. The SMILES string of the molecule is C=CCSc1ncccc1-c1nn(CC(=O)NCCC2=CCCCC2)c(=O)o1. The topological polar surface area (TPSA) is 90.0 Å². The van der Waals surface area contributed by atoms with Gasteiger partial charge in [-0.25, -0.2) is 9.78 Å². The summed E-state index contributed by atoms with van der Waals surface area (Å²) in [7, 11) is 0. The molecule has 0 aromatic carbocycles. The van der Waals surface area contributed by atoms with Crippen LogP contribution in [0, 0.1) is 0 Å². The maximum atomic E-state index is 12.2. The smallest absolute Gasteiger partial charge is 0.387 e. The average Bonchev–Trinajstić information content (AvgIpc) is 3.07. The molecule has 3 rings (SSSR count). The van der Waals surface area contributed by atoms with Crippen molar-refractivity contribution in [1.29, 1.82) is 0 Å². The number of nitrogens with zero attached hydrogens (tertiary/aromatic N) is 3. The molecule has 1 N–H and O–H groups in total. The predicted molar refractivity (Wildman–Crippen MR) is 109 cm³/mol. The van der Waals surface area contributed by atoms with Gasteiger partial charge in [-0.2, -0.15) is 4.68 Å². The van der Waals surface area contributed by atoms with Gasteiger partial charge in [0, 0.05) is 18.5 Å². The summed E-state index contributed by atoms with van der Waals surface area (Å²) in [6, 6.07) is 3.53. The molecule has 2 heterocycles. The van der Waals surface area contributed by atoms with Crippen LogP contribution < -0.4 is 11.1 Å². The molecule has 1 aliphatic rings. The zero-order valence-electron chi connectivity index (χ0n) is 15.7. The number of allylic oxidation sites excluding steroid dienone is 1. The second kappa shape index (κ2) is 10.1. The molecule has 0 atom stereocenters. The summed E-state index contributed by atoms with van der Waals surface area (Å²) in [4.78, 5) is 28.6. The minimum Gasteiger partial charge on any atom is -0.387 e. The van der Waals surface area contributed by atoms with Crippen LogP contribution >= 0.6 is 11.8 Å². The maximum absolute atomic E-state index is 12.2. The van der Waals surface area contributed by atoms with Gasteiger partial charge < -0.3 is 9.73 Å². The number of carbonyl (C=O) groups excluding carboxylic acids is 1. The van der Waals surface area contributed by atoms with Gasteiger partial charge in [0.1, 0.15) is 11.6 Å². The molecule has 7 nitrogen and oxygen atoms in total. The highest BCUT2D eigenvalue weighted by Gasteiger charge is 2.16. The number of aromatic nitrogens is 3. The fourth-order valence-corrected chi connectivity index (χ4v) is 3.73. The standard InChI is InChI=1S/C20H24N4O3S/c1-2-13-28-19-16(9-6-11-22-19)18-23-24(20(26)27-18)14-17(25)21-12-10-15-7-4-3-5-8-15/h2,6-7,9,11H,1,3-5,8,10,12-14H2,(H,21,25). The lowest BCUT2D eigenvalue weighted by molar-refractivity contribution is -0.121. The molecular weight excluding hydrogens is 376 g/mol. The summed E-state index contributed by atoms with van der Waals surface area (Å²) in [5, 5.41) is 7.71. The second-order valence-electron chi connectivity index (χ2n) is 6.49. The van der Waals surface area contributed by atoms with Gasteiger partial charge in [-0.05, 0) is 44.2 Å². The third-order valence-corrected chi connectivity index (χ3v) is 5.39. The zero-order chi connectivity index (χ0) is 19.8. The highest BCUT2D eigenvalue weighted by atomic mass is 32.2. The van der Waals surface area contributed by atoms with Crippen molar-refractivity contribution in [3.63, 3.8) is 0 Å². The molecule has 148 valence electrons. The third-order valence-electron chi connectivity index (χ3n) is 4.39. The third kappa shape index (κ3) is 5.45. The number of rotatable bonds is 9. The van der Waals surface area contributed by atoms with Gasteiger partial charge in [-0.3, -0.25) is 4.79 Å². The zero-order valence-corrected chi connectivity index (χ0v) is 16.5. The van der Waals surface area contributed by atoms with Crippen LogP contribution in [0.1, 0.15) is 32.1 Å². The number of hydrogen-bond donors (Lipinski definition) is 1. The lowest BCUT2D eigenvalue weighted by Gasteiger charge is -2.12. The second-order valence-corrected chi connectivity index (χ2v) is 7.50. The Labute approximate surface area is 167 Å². The Morgan fingerprint density at radius 3 is 3.11 bits per heavy atom. The van der Waals surface area contributed by atoms with Gasteiger partial charge in [-0.15, -0.1) is 23.4 Å². The number of hydrogen-bond acceptors (Lipinski definition) is 6. The molecule has 8 heteroatoms. The van der Waals surface area contributed by atoms with E-state index in [-0.39, 0.29) is 18.3 Å². The van der Waals surface area contributed by atoms with E-state index in [4.69, 9.17) is 4.42 Å². The quantitative estimate of drug-likeness (QED) is 0.514. The van der Waals surface area contributed by atoms with Crippen LogP contribution in [0.25, 0.3) is 11.5 Å². The van der Waals surface area contributed by atoms with Crippen LogP contribution in [0.15, 0.2) is 56.9 Å². The van der Waals surface area contributed by atoms with Crippen molar-refractivity contribution in [2.24, 2.45) is 0 Å². The van der Waals surface area contributed by atoms with E-state index in [0.29, 0.717) is 22.9 Å². The minimum absolute atomic E-state index is 0.157. The van der Waals surface area contributed by atoms with Crippen molar-refractivity contribution < 1.29 is 9.21 Å². The van der Waals surface area contributed by atoms with E-state index < -0.39 is 5.76 Å². The van der Waals surface area contributed by atoms with Gasteiger partial charge >= 0.3 is 5.76 Å². The highest BCUT2D eigenvalue weighted by molar-refractivity contribution is 7.99. The number of carbonyl (C=O) groups is 1. The molecule has 0 spiro atoms. The van der Waals surface area contributed by atoms with Crippen molar-refractivity contribution in [3.05, 3.63) is 53.2 Å². The van der Waals surface area contributed by atoms with E-state index in [9.17, 15) is 9.59 Å². The van der Waals surface area contributed by atoms with Gasteiger partial charge in [0.05, 0.1) is 5.56 Å². The summed E-state index contributed by atoms with van der Waals surface area (Å²) in [5.41, 5.74) is 2.02. The fourth-order valence-electron chi connectivity index (χ4n) is 3.01. The summed E-state index contributed by atoms with van der Waals surface area (Å²) < 4.78 is 6.29. The Morgan fingerprint density at radius 1 is 1.43 bits per heavy atom. The number of thioether (sulfide) groups is 1. The van der Waals surface area contributed by atoms with Crippen molar-refractivity contribution in [3.8, 4) is 11.5 Å². The summed E-state index contributed by atoms with van der Waals surface area (Å²) in [5.74, 6) is -0.0901. The van der Waals surface area contributed by atoms with Crippen LogP contribution in [0.3, 0.4) is 0 Å². The first-order valence-electron chi connectivity index (χ1n) is 9.39. The maximum Gasteiger partial charge on any atom is 0.437 e. The number of amides is 1. The van der Waals surface area contributed by atoms with Crippen LogP contribution in [0.5, 0.6) is 0 Å². The number of nitrogens with one attached hydrogen (secondary N) is 1. The summed E-state index contributed by atoms with van der Waals surface area (Å²) >= 11 is 1.47.